The lowest BCUT2D eigenvalue weighted by molar-refractivity contribution is -0.479. The molecule has 0 saturated carbocycles. The predicted octanol–water partition coefficient (Wildman–Crippen LogP) is 2.99. The Morgan fingerprint density at radius 2 is 2.10 bits per heavy atom. The highest BCUT2D eigenvalue weighted by Gasteiger charge is 2.17. The van der Waals surface area contributed by atoms with Gasteiger partial charge in [0.25, 0.3) is 0 Å². The summed E-state index contributed by atoms with van der Waals surface area (Å²) < 4.78 is 18.2. The van der Waals surface area contributed by atoms with E-state index in [1.165, 1.54) is 12.1 Å². The van der Waals surface area contributed by atoms with Crippen LogP contribution < -0.4 is 5.32 Å². The Morgan fingerprint density at radius 1 is 1.45 bits per heavy atom. The second-order valence-electron chi connectivity index (χ2n) is 5.23. The molecule has 0 radical (unpaired) electrons. The van der Waals surface area contributed by atoms with Crippen molar-refractivity contribution < 1.29 is 18.8 Å². The number of rotatable bonds is 4. The summed E-state index contributed by atoms with van der Waals surface area (Å²) >= 11 is 0. The predicted molar refractivity (Wildman–Crippen MR) is 71.8 cm³/mol. The van der Waals surface area contributed by atoms with Crippen molar-refractivity contribution in [1.29, 1.82) is 0 Å². The largest absolute Gasteiger partial charge is 0.444 e. The van der Waals surface area contributed by atoms with Crippen LogP contribution in [0.1, 0.15) is 26.3 Å². The average molecular weight is 284 g/mol. The van der Waals surface area contributed by atoms with Crippen molar-refractivity contribution in [3.8, 4) is 0 Å². The Balaban J connectivity index is 2.83. The number of halogens is 1. The van der Waals surface area contributed by atoms with Crippen LogP contribution in [-0.2, 0) is 11.2 Å². The maximum Gasteiger partial charge on any atom is 0.412 e. The van der Waals surface area contributed by atoms with Gasteiger partial charge in [0.1, 0.15) is 11.4 Å². The first-order valence-electron chi connectivity index (χ1n) is 6.07. The van der Waals surface area contributed by atoms with Gasteiger partial charge < -0.3 is 4.74 Å². The number of carbonyl (C=O) groups excluding carboxylic acids is 1. The number of benzene rings is 1. The summed E-state index contributed by atoms with van der Waals surface area (Å²) in [5, 5.41) is 12.8. The molecule has 0 spiro atoms. The molecule has 0 unspecified atom stereocenters. The minimum atomic E-state index is -0.688. The normalized spacial score (nSPS) is 11.0. The van der Waals surface area contributed by atoms with E-state index in [1.54, 1.807) is 20.8 Å². The highest BCUT2D eigenvalue weighted by Crippen LogP contribution is 2.19. The number of amides is 1. The van der Waals surface area contributed by atoms with E-state index in [9.17, 15) is 19.3 Å². The zero-order valence-electron chi connectivity index (χ0n) is 11.6. The summed E-state index contributed by atoms with van der Waals surface area (Å²) in [6, 6.07) is 3.69. The van der Waals surface area contributed by atoms with Crippen LogP contribution in [0.3, 0.4) is 0 Å². The molecule has 1 aromatic carbocycles. The van der Waals surface area contributed by atoms with Gasteiger partial charge in [-0.3, -0.25) is 15.4 Å². The lowest BCUT2D eigenvalue weighted by Crippen LogP contribution is -2.27. The van der Waals surface area contributed by atoms with Crippen molar-refractivity contribution in [2.45, 2.75) is 32.8 Å². The Kier molecular flexibility index (Phi) is 5.01. The maximum absolute atomic E-state index is 13.2. The molecule has 0 aliphatic heterocycles. The minimum absolute atomic E-state index is 0.0237. The van der Waals surface area contributed by atoms with Crippen LogP contribution in [0.4, 0.5) is 14.9 Å². The van der Waals surface area contributed by atoms with Crippen LogP contribution in [0.15, 0.2) is 18.2 Å². The van der Waals surface area contributed by atoms with Gasteiger partial charge in [0.2, 0.25) is 6.54 Å². The Bertz CT molecular complexity index is 512. The van der Waals surface area contributed by atoms with E-state index in [0.717, 1.165) is 6.07 Å². The van der Waals surface area contributed by atoms with Gasteiger partial charge in [-0.15, -0.1) is 0 Å². The standard InChI is InChI=1S/C13H17FN2O4/c1-13(2,3)20-12(17)15-11-5-4-10(14)8-9(11)6-7-16(18)19/h4-5,8H,6-7H2,1-3H3,(H,15,17). The van der Waals surface area contributed by atoms with E-state index in [0.29, 0.717) is 11.3 Å². The van der Waals surface area contributed by atoms with E-state index < -0.39 is 22.4 Å². The van der Waals surface area contributed by atoms with Crippen molar-refractivity contribution in [3.63, 3.8) is 0 Å². The molecule has 1 aromatic rings. The van der Waals surface area contributed by atoms with Crippen molar-refractivity contribution in [2.24, 2.45) is 0 Å². The fraction of sp³-hybridized carbons (Fsp3) is 0.462. The molecular weight excluding hydrogens is 267 g/mol. The van der Waals surface area contributed by atoms with Gasteiger partial charge >= 0.3 is 6.09 Å². The third kappa shape index (κ3) is 5.64. The Morgan fingerprint density at radius 3 is 2.65 bits per heavy atom. The molecule has 20 heavy (non-hydrogen) atoms. The molecule has 0 aromatic heterocycles. The van der Waals surface area contributed by atoms with Crippen molar-refractivity contribution in [2.75, 3.05) is 11.9 Å². The van der Waals surface area contributed by atoms with Crippen LogP contribution in [0.2, 0.25) is 0 Å². The van der Waals surface area contributed by atoms with Crippen molar-refractivity contribution in [3.05, 3.63) is 39.7 Å². The minimum Gasteiger partial charge on any atom is -0.444 e. The summed E-state index contributed by atoms with van der Waals surface area (Å²) in [5.41, 5.74) is 0.000498. The zero-order chi connectivity index (χ0) is 15.3. The van der Waals surface area contributed by atoms with Crippen molar-refractivity contribution in [1.82, 2.24) is 0 Å². The highest BCUT2D eigenvalue weighted by molar-refractivity contribution is 5.85. The Labute approximate surface area is 116 Å². The summed E-state index contributed by atoms with van der Waals surface area (Å²) in [7, 11) is 0. The molecule has 1 rings (SSSR count). The van der Waals surface area contributed by atoms with Crippen LogP contribution in [0.5, 0.6) is 0 Å². The van der Waals surface area contributed by atoms with Crippen molar-refractivity contribution >= 4 is 11.8 Å². The first kappa shape index (κ1) is 15.9. The van der Waals surface area contributed by atoms with Gasteiger partial charge in [0, 0.05) is 17.0 Å². The van der Waals surface area contributed by atoms with Gasteiger partial charge in [0.05, 0.1) is 0 Å². The molecule has 6 nitrogen and oxygen atoms in total. The number of nitro groups is 1. The van der Waals surface area contributed by atoms with Gasteiger partial charge in [-0.25, -0.2) is 9.18 Å². The molecule has 1 amide bonds. The average Bonchev–Trinajstić information content (AvgIpc) is 2.26. The number of nitrogens with one attached hydrogen (secondary N) is 1. The number of ether oxygens (including phenoxy) is 1. The maximum atomic E-state index is 13.2. The summed E-state index contributed by atoms with van der Waals surface area (Å²) in [6.45, 7) is 4.80. The van der Waals surface area contributed by atoms with E-state index in [1.807, 2.05) is 0 Å². The number of anilines is 1. The van der Waals surface area contributed by atoms with Crippen LogP contribution in [0, 0.1) is 15.9 Å². The molecule has 0 fully saturated rings. The fourth-order valence-corrected chi connectivity index (χ4v) is 1.52. The first-order valence-corrected chi connectivity index (χ1v) is 6.07. The molecule has 1 N–H and O–H groups in total. The summed E-state index contributed by atoms with van der Waals surface area (Å²) in [6.07, 6.45) is -0.665. The quantitative estimate of drug-likeness (QED) is 0.680. The highest BCUT2D eigenvalue weighted by atomic mass is 19.1. The van der Waals surface area contributed by atoms with E-state index in [2.05, 4.69) is 5.32 Å². The molecule has 0 heterocycles. The second kappa shape index (κ2) is 6.31. The third-order valence-corrected chi connectivity index (χ3v) is 2.27. The molecule has 0 aliphatic rings. The number of carbonyl (C=O) groups is 1. The van der Waals surface area contributed by atoms with Gasteiger partial charge in [-0.2, -0.15) is 0 Å². The molecule has 110 valence electrons. The van der Waals surface area contributed by atoms with Crippen LogP contribution in [0.25, 0.3) is 0 Å². The van der Waals surface area contributed by atoms with Gasteiger partial charge in [-0.05, 0) is 44.5 Å². The summed E-state index contributed by atoms with van der Waals surface area (Å²) in [5.74, 6) is -0.516. The smallest absolute Gasteiger partial charge is 0.412 e. The van der Waals surface area contributed by atoms with E-state index in [4.69, 9.17) is 4.74 Å². The van der Waals surface area contributed by atoms with E-state index in [-0.39, 0.29) is 13.0 Å². The SMILES string of the molecule is CC(C)(C)OC(=O)Nc1ccc(F)cc1CC[N+](=O)[O-]. The fourth-order valence-electron chi connectivity index (χ4n) is 1.52. The van der Waals surface area contributed by atoms with Crippen LogP contribution >= 0.6 is 0 Å². The van der Waals surface area contributed by atoms with Gasteiger partial charge in [0.15, 0.2) is 0 Å². The first-order chi connectivity index (χ1) is 9.17. The number of hydrogen-bond donors (Lipinski definition) is 1. The molecule has 0 saturated heterocycles. The lowest BCUT2D eigenvalue weighted by atomic mass is 10.1. The van der Waals surface area contributed by atoms with E-state index >= 15 is 0 Å². The molecule has 0 atom stereocenters. The second-order valence-corrected chi connectivity index (χ2v) is 5.23. The van der Waals surface area contributed by atoms with Gasteiger partial charge in [-0.1, -0.05) is 0 Å². The Hall–Kier alpha value is -2.18. The molecular formula is C13H17FN2O4. The lowest BCUT2D eigenvalue weighted by Gasteiger charge is -2.20. The monoisotopic (exact) mass is 284 g/mol. The third-order valence-electron chi connectivity index (χ3n) is 2.27. The number of hydrogen-bond acceptors (Lipinski definition) is 4. The molecule has 0 bridgehead atoms. The molecule has 0 aliphatic carbocycles. The topological polar surface area (TPSA) is 81.5 Å². The van der Waals surface area contributed by atoms with Crippen LogP contribution in [-0.4, -0.2) is 23.2 Å². The summed E-state index contributed by atoms with van der Waals surface area (Å²) in [4.78, 5) is 21.5. The zero-order valence-corrected chi connectivity index (χ0v) is 11.6. The molecule has 7 heteroatoms. The number of nitrogens with zero attached hydrogens (tertiary/aromatic N) is 1.